The Labute approximate surface area is 195 Å². The first-order valence-electron chi connectivity index (χ1n) is 11.4. The fraction of sp³-hybridized carbons (Fsp3) is 0.370. The minimum Gasteiger partial charge on any atom is -0.492 e. The minimum atomic E-state index is -0.224. The molecule has 0 aliphatic carbocycles. The summed E-state index contributed by atoms with van der Waals surface area (Å²) in [6, 6.07) is 18.4. The van der Waals surface area contributed by atoms with Gasteiger partial charge in [-0.2, -0.15) is 0 Å². The summed E-state index contributed by atoms with van der Waals surface area (Å²) in [7, 11) is 3.15. The van der Waals surface area contributed by atoms with Gasteiger partial charge < -0.3 is 18.8 Å². The van der Waals surface area contributed by atoms with Gasteiger partial charge in [0.25, 0.3) is 0 Å². The van der Waals surface area contributed by atoms with Gasteiger partial charge in [0.2, 0.25) is 0 Å². The van der Waals surface area contributed by atoms with Crippen molar-refractivity contribution in [1.82, 2.24) is 9.47 Å². The van der Waals surface area contributed by atoms with Crippen molar-refractivity contribution in [3.8, 4) is 0 Å². The molecule has 1 atom stereocenters. The SMILES string of the molecule is COCn1cc(CCN2CCC=C(OCc3ccccc3)C2CC(=O)OC)c2ccccc21. The number of nitrogens with zero attached hydrogens (tertiary/aromatic N) is 2. The highest BCUT2D eigenvalue weighted by Gasteiger charge is 2.29. The highest BCUT2D eigenvalue weighted by Crippen LogP contribution is 2.26. The molecule has 0 amide bonds. The van der Waals surface area contributed by atoms with Gasteiger partial charge in [0.05, 0.1) is 25.1 Å². The van der Waals surface area contributed by atoms with E-state index in [1.54, 1.807) is 7.11 Å². The van der Waals surface area contributed by atoms with E-state index in [4.69, 9.17) is 14.2 Å². The van der Waals surface area contributed by atoms with Crippen molar-refractivity contribution in [2.75, 3.05) is 27.3 Å². The van der Waals surface area contributed by atoms with Gasteiger partial charge in [0.15, 0.2) is 0 Å². The zero-order valence-corrected chi connectivity index (χ0v) is 19.4. The van der Waals surface area contributed by atoms with Crippen LogP contribution in [0.1, 0.15) is 24.0 Å². The molecule has 1 aliphatic heterocycles. The first kappa shape index (κ1) is 23.1. The number of rotatable bonds is 10. The molecule has 0 radical (unpaired) electrons. The van der Waals surface area contributed by atoms with Crippen LogP contribution in [-0.2, 0) is 38.8 Å². The molecule has 2 heterocycles. The molecule has 0 N–H and O–H groups in total. The second-order valence-electron chi connectivity index (χ2n) is 8.31. The summed E-state index contributed by atoms with van der Waals surface area (Å²) in [6.07, 6.45) is 6.35. The summed E-state index contributed by atoms with van der Waals surface area (Å²) in [6.45, 7) is 2.73. The summed E-state index contributed by atoms with van der Waals surface area (Å²) < 4.78 is 18.7. The lowest BCUT2D eigenvalue weighted by Gasteiger charge is -2.35. The van der Waals surface area contributed by atoms with Crippen LogP contribution in [0.15, 0.2) is 72.6 Å². The molecule has 0 saturated carbocycles. The van der Waals surface area contributed by atoms with Crippen LogP contribution >= 0.6 is 0 Å². The Bertz CT molecular complexity index is 1090. The summed E-state index contributed by atoms with van der Waals surface area (Å²) >= 11 is 0. The highest BCUT2D eigenvalue weighted by molar-refractivity contribution is 5.84. The Hall–Kier alpha value is -3.09. The van der Waals surface area contributed by atoms with Crippen molar-refractivity contribution in [1.29, 1.82) is 0 Å². The molecule has 3 aromatic rings. The first-order valence-corrected chi connectivity index (χ1v) is 11.4. The quantitative estimate of drug-likeness (QED) is 0.427. The number of hydrogen-bond acceptors (Lipinski definition) is 5. The number of ether oxygens (including phenoxy) is 3. The van der Waals surface area contributed by atoms with Crippen molar-refractivity contribution in [2.45, 2.75) is 38.6 Å². The molecule has 6 nitrogen and oxygen atoms in total. The van der Waals surface area contributed by atoms with Crippen molar-refractivity contribution in [3.05, 3.63) is 83.8 Å². The van der Waals surface area contributed by atoms with Crippen LogP contribution in [-0.4, -0.2) is 48.8 Å². The van der Waals surface area contributed by atoms with Gasteiger partial charge in [-0.1, -0.05) is 48.5 Å². The summed E-state index contributed by atoms with van der Waals surface area (Å²) in [5.41, 5.74) is 3.56. The number of esters is 1. The van der Waals surface area contributed by atoms with Gasteiger partial charge in [0.1, 0.15) is 19.1 Å². The number of para-hydroxylation sites is 1. The van der Waals surface area contributed by atoms with Crippen LogP contribution in [0, 0.1) is 0 Å². The number of carbonyl (C=O) groups excluding carboxylic acids is 1. The number of methoxy groups -OCH3 is 2. The fourth-order valence-electron chi connectivity index (χ4n) is 4.51. The topological polar surface area (TPSA) is 52.9 Å². The molecule has 4 rings (SSSR count). The molecular weight excluding hydrogens is 416 g/mol. The van der Waals surface area contributed by atoms with Gasteiger partial charge >= 0.3 is 5.97 Å². The van der Waals surface area contributed by atoms with E-state index in [0.717, 1.165) is 37.3 Å². The normalized spacial score (nSPS) is 16.5. The third-order valence-corrected chi connectivity index (χ3v) is 6.17. The Morgan fingerprint density at radius 1 is 1.06 bits per heavy atom. The largest absolute Gasteiger partial charge is 0.492 e. The summed E-state index contributed by atoms with van der Waals surface area (Å²) in [5, 5.41) is 1.24. The van der Waals surface area contributed by atoms with Gasteiger partial charge in [0, 0.05) is 31.8 Å². The van der Waals surface area contributed by atoms with Crippen molar-refractivity contribution >= 4 is 16.9 Å². The van der Waals surface area contributed by atoms with Crippen LogP contribution in [0.3, 0.4) is 0 Å². The van der Waals surface area contributed by atoms with E-state index in [0.29, 0.717) is 13.3 Å². The first-order chi connectivity index (χ1) is 16.2. The Morgan fingerprint density at radius 3 is 2.64 bits per heavy atom. The molecule has 6 heteroatoms. The maximum Gasteiger partial charge on any atom is 0.307 e. The fourth-order valence-corrected chi connectivity index (χ4v) is 4.51. The maximum absolute atomic E-state index is 12.2. The Morgan fingerprint density at radius 2 is 1.85 bits per heavy atom. The molecule has 1 aromatic heterocycles. The van der Waals surface area contributed by atoms with Crippen molar-refractivity contribution < 1.29 is 19.0 Å². The predicted octanol–water partition coefficient (Wildman–Crippen LogP) is 4.53. The van der Waals surface area contributed by atoms with Crippen LogP contribution in [0.5, 0.6) is 0 Å². The van der Waals surface area contributed by atoms with Crippen LogP contribution in [0.2, 0.25) is 0 Å². The Kier molecular flexibility index (Phi) is 7.81. The van der Waals surface area contributed by atoms with Gasteiger partial charge in [-0.3, -0.25) is 9.69 Å². The summed E-state index contributed by atoms with van der Waals surface area (Å²) in [5.74, 6) is 0.634. The Balaban J connectivity index is 1.49. The number of benzene rings is 2. The predicted molar refractivity (Wildman–Crippen MR) is 129 cm³/mol. The average molecular weight is 449 g/mol. The van der Waals surface area contributed by atoms with Crippen LogP contribution in [0.4, 0.5) is 0 Å². The molecule has 0 fully saturated rings. The van der Waals surface area contributed by atoms with Crippen molar-refractivity contribution in [2.24, 2.45) is 0 Å². The minimum absolute atomic E-state index is 0.123. The monoisotopic (exact) mass is 448 g/mol. The lowest BCUT2D eigenvalue weighted by molar-refractivity contribution is -0.142. The third-order valence-electron chi connectivity index (χ3n) is 6.17. The lowest BCUT2D eigenvalue weighted by atomic mass is 10.0. The van der Waals surface area contributed by atoms with Crippen LogP contribution in [0.25, 0.3) is 10.9 Å². The zero-order chi connectivity index (χ0) is 23.0. The van der Waals surface area contributed by atoms with E-state index in [-0.39, 0.29) is 18.4 Å². The number of hydrogen-bond donors (Lipinski definition) is 0. The molecule has 174 valence electrons. The maximum atomic E-state index is 12.2. The molecule has 33 heavy (non-hydrogen) atoms. The zero-order valence-electron chi connectivity index (χ0n) is 19.4. The van der Waals surface area contributed by atoms with E-state index in [1.165, 1.54) is 23.6 Å². The van der Waals surface area contributed by atoms with Gasteiger partial charge in [-0.25, -0.2) is 0 Å². The molecule has 0 saturated heterocycles. The number of aromatic nitrogens is 1. The van der Waals surface area contributed by atoms with E-state index in [1.807, 2.05) is 30.3 Å². The standard InChI is InChI=1S/C27H32N2O4/c1-31-20-29-18-22(23-11-6-7-12-24(23)29)14-16-28-15-8-13-26(25(28)17-27(30)32-2)33-19-21-9-4-3-5-10-21/h3-7,9-13,18,25H,8,14-17,19-20H2,1-2H3. The molecule has 1 unspecified atom stereocenters. The number of fused-ring (bicyclic) bond motifs is 1. The van der Waals surface area contributed by atoms with E-state index < -0.39 is 0 Å². The van der Waals surface area contributed by atoms with E-state index >= 15 is 0 Å². The highest BCUT2D eigenvalue weighted by atomic mass is 16.5. The lowest BCUT2D eigenvalue weighted by Crippen LogP contribution is -2.43. The third kappa shape index (κ3) is 5.64. The molecule has 1 aliphatic rings. The van der Waals surface area contributed by atoms with Crippen molar-refractivity contribution in [3.63, 3.8) is 0 Å². The van der Waals surface area contributed by atoms with Gasteiger partial charge in [-0.15, -0.1) is 0 Å². The second kappa shape index (κ2) is 11.2. The van der Waals surface area contributed by atoms with Crippen LogP contribution < -0.4 is 0 Å². The second-order valence-corrected chi connectivity index (χ2v) is 8.31. The van der Waals surface area contributed by atoms with Gasteiger partial charge in [-0.05, 0) is 36.1 Å². The summed E-state index contributed by atoms with van der Waals surface area (Å²) in [4.78, 5) is 14.6. The van der Waals surface area contributed by atoms with E-state index in [9.17, 15) is 4.79 Å². The molecular formula is C27H32N2O4. The van der Waals surface area contributed by atoms with E-state index in [2.05, 4.69) is 46.0 Å². The molecule has 2 aromatic carbocycles. The number of carbonyl (C=O) groups is 1. The average Bonchev–Trinajstić information content (AvgIpc) is 3.20. The molecule has 0 bridgehead atoms. The molecule has 0 spiro atoms. The smallest absolute Gasteiger partial charge is 0.307 e.